The molecule has 0 aliphatic heterocycles. The van der Waals surface area contributed by atoms with E-state index in [0.29, 0.717) is 33.1 Å². The van der Waals surface area contributed by atoms with Gasteiger partial charge in [0.1, 0.15) is 5.82 Å². The highest BCUT2D eigenvalue weighted by atomic mass is 35.5. The smallest absolute Gasteiger partial charge is 0.361 e. The number of rotatable bonds is 7. The molecule has 36 heavy (non-hydrogen) atoms. The summed E-state index contributed by atoms with van der Waals surface area (Å²) in [6.07, 6.45) is -0.506. The summed E-state index contributed by atoms with van der Waals surface area (Å²) in [5.74, 6) is -0.394. The fraction of sp³-hybridized carbons (Fsp3) is 0.250. The second-order valence-electron chi connectivity index (χ2n) is 9.20. The molecule has 5 rings (SSSR count). The normalized spacial score (nSPS) is 13.8. The molecular weight excluding hydrogens is 492 g/mol. The van der Waals surface area contributed by atoms with Crippen LogP contribution < -0.4 is 0 Å². The van der Waals surface area contributed by atoms with Gasteiger partial charge in [0.15, 0.2) is 0 Å². The van der Waals surface area contributed by atoms with Gasteiger partial charge in [-0.3, -0.25) is 4.79 Å². The van der Waals surface area contributed by atoms with E-state index in [9.17, 15) is 22.4 Å². The SMILES string of the molecule is O=C(c1cc(Cl)cc2cc[nH]c12)N(CCc1cccc(C(F)(F)F)c1)Cc1ccc(C2CC2)cc1F. The summed E-state index contributed by atoms with van der Waals surface area (Å²) in [6.45, 7) is 0.0714. The number of amides is 1. The van der Waals surface area contributed by atoms with Gasteiger partial charge >= 0.3 is 6.18 Å². The molecule has 0 spiro atoms. The van der Waals surface area contributed by atoms with Gasteiger partial charge in [0.2, 0.25) is 0 Å². The zero-order valence-electron chi connectivity index (χ0n) is 19.2. The molecule has 186 valence electrons. The minimum Gasteiger partial charge on any atom is -0.361 e. The third kappa shape index (κ3) is 5.26. The summed E-state index contributed by atoms with van der Waals surface area (Å²) < 4.78 is 54.5. The van der Waals surface area contributed by atoms with Crippen molar-refractivity contribution >= 4 is 28.4 Å². The first-order valence-corrected chi connectivity index (χ1v) is 12.1. The Kier molecular flexibility index (Phi) is 6.51. The van der Waals surface area contributed by atoms with Crippen LogP contribution in [0.4, 0.5) is 17.6 Å². The van der Waals surface area contributed by atoms with E-state index in [1.54, 1.807) is 36.5 Å². The van der Waals surface area contributed by atoms with E-state index in [4.69, 9.17) is 11.6 Å². The van der Waals surface area contributed by atoms with Gasteiger partial charge in [-0.05, 0) is 66.6 Å². The minimum absolute atomic E-state index is 0.0245. The first kappa shape index (κ1) is 24.4. The largest absolute Gasteiger partial charge is 0.416 e. The number of carbonyl (C=O) groups excluding carboxylic acids is 1. The van der Waals surface area contributed by atoms with Crippen LogP contribution in [-0.2, 0) is 19.1 Å². The van der Waals surface area contributed by atoms with Crippen LogP contribution in [0.25, 0.3) is 10.9 Å². The van der Waals surface area contributed by atoms with E-state index in [2.05, 4.69) is 4.98 Å². The molecule has 4 aromatic rings. The number of halogens is 5. The van der Waals surface area contributed by atoms with E-state index >= 15 is 0 Å². The molecule has 0 unspecified atom stereocenters. The number of aromatic amines is 1. The Labute approximate surface area is 210 Å². The number of H-pyrrole nitrogens is 1. The van der Waals surface area contributed by atoms with Crippen molar-refractivity contribution in [3.05, 3.63) is 106 Å². The molecule has 0 bridgehead atoms. The molecule has 0 radical (unpaired) electrons. The third-order valence-corrected chi connectivity index (χ3v) is 6.77. The summed E-state index contributed by atoms with van der Waals surface area (Å²) in [4.78, 5) is 18.2. The van der Waals surface area contributed by atoms with Crippen LogP contribution in [0.5, 0.6) is 0 Å². The lowest BCUT2D eigenvalue weighted by Gasteiger charge is -2.24. The van der Waals surface area contributed by atoms with Crippen molar-refractivity contribution in [3.8, 4) is 0 Å². The predicted octanol–water partition coefficient (Wildman–Crippen LogP) is 7.74. The Bertz CT molecular complexity index is 1420. The highest BCUT2D eigenvalue weighted by Gasteiger charge is 2.30. The zero-order chi connectivity index (χ0) is 25.4. The average Bonchev–Trinajstić information content (AvgIpc) is 3.59. The summed E-state index contributed by atoms with van der Waals surface area (Å²) in [5, 5.41) is 1.13. The number of carbonyl (C=O) groups is 1. The first-order valence-electron chi connectivity index (χ1n) is 11.7. The quantitative estimate of drug-likeness (QED) is 0.251. The van der Waals surface area contributed by atoms with Crippen molar-refractivity contribution in [1.82, 2.24) is 9.88 Å². The molecule has 0 atom stereocenters. The first-order chi connectivity index (χ1) is 17.2. The fourth-order valence-electron chi connectivity index (χ4n) is 4.46. The molecule has 1 fully saturated rings. The van der Waals surface area contributed by atoms with Gasteiger partial charge in [0.25, 0.3) is 5.91 Å². The molecule has 8 heteroatoms. The molecule has 1 saturated carbocycles. The zero-order valence-corrected chi connectivity index (χ0v) is 20.0. The number of nitrogens with zero attached hydrogens (tertiary/aromatic N) is 1. The second-order valence-corrected chi connectivity index (χ2v) is 9.63. The molecule has 1 aliphatic carbocycles. The van der Waals surface area contributed by atoms with Crippen LogP contribution in [0.15, 0.2) is 66.9 Å². The molecule has 3 aromatic carbocycles. The van der Waals surface area contributed by atoms with Crippen LogP contribution in [0, 0.1) is 5.82 Å². The van der Waals surface area contributed by atoms with Crippen molar-refractivity contribution in [2.75, 3.05) is 6.54 Å². The Balaban J connectivity index is 1.45. The summed E-state index contributed by atoms with van der Waals surface area (Å²) in [6, 6.07) is 15.2. The molecule has 1 aromatic heterocycles. The Morgan fingerprint density at radius 2 is 1.86 bits per heavy atom. The van der Waals surface area contributed by atoms with Crippen LogP contribution >= 0.6 is 11.6 Å². The van der Waals surface area contributed by atoms with E-state index < -0.39 is 17.6 Å². The molecule has 0 saturated heterocycles. The van der Waals surface area contributed by atoms with Crippen molar-refractivity contribution in [3.63, 3.8) is 0 Å². The van der Waals surface area contributed by atoms with Gasteiger partial charge in [-0.15, -0.1) is 0 Å². The van der Waals surface area contributed by atoms with E-state index in [1.165, 1.54) is 17.0 Å². The maximum atomic E-state index is 15.0. The number of hydrogen-bond acceptors (Lipinski definition) is 1. The van der Waals surface area contributed by atoms with Gasteiger partial charge < -0.3 is 9.88 Å². The summed E-state index contributed by atoms with van der Waals surface area (Å²) in [7, 11) is 0. The Morgan fingerprint density at radius 1 is 1.06 bits per heavy atom. The lowest BCUT2D eigenvalue weighted by atomic mass is 10.0. The maximum Gasteiger partial charge on any atom is 0.416 e. The van der Waals surface area contributed by atoms with Crippen molar-refractivity contribution in [2.24, 2.45) is 0 Å². The maximum absolute atomic E-state index is 15.0. The molecule has 1 amide bonds. The highest BCUT2D eigenvalue weighted by molar-refractivity contribution is 6.32. The van der Waals surface area contributed by atoms with Gasteiger partial charge in [0, 0.05) is 35.3 Å². The van der Waals surface area contributed by atoms with Gasteiger partial charge in [-0.2, -0.15) is 13.2 Å². The number of nitrogens with one attached hydrogen (secondary N) is 1. The molecule has 3 nitrogen and oxygen atoms in total. The number of alkyl halides is 3. The van der Waals surface area contributed by atoms with Gasteiger partial charge in [-0.1, -0.05) is 41.9 Å². The summed E-state index contributed by atoms with van der Waals surface area (Å²) in [5.41, 5.74) is 1.90. The number of aromatic nitrogens is 1. The van der Waals surface area contributed by atoms with Gasteiger partial charge in [-0.25, -0.2) is 4.39 Å². The van der Waals surface area contributed by atoms with E-state index in [0.717, 1.165) is 35.9 Å². The number of fused-ring (bicyclic) bond motifs is 1. The average molecular weight is 515 g/mol. The van der Waals surface area contributed by atoms with E-state index in [1.807, 2.05) is 6.07 Å². The lowest BCUT2D eigenvalue weighted by Crippen LogP contribution is -2.33. The molecule has 1 N–H and O–H groups in total. The lowest BCUT2D eigenvalue weighted by molar-refractivity contribution is -0.137. The Hall–Kier alpha value is -3.32. The van der Waals surface area contributed by atoms with Crippen molar-refractivity contribution < 1.29 is 22.4 Å². The van der Waals surface area contributed by atoms with Crippen molar-refractivity contribution in [2.45, 2.75) is 37.9 Å². The monoisotopic (exact) mass is 514 g/mol. The predicted molar refractivity (Wildman–Crippen MR) is 132 cm³/mol. The topological polar surface area (TPSA) is 36.1 Å². The number of benzene rings is 3. The fourth-order valence-corrected chi connectivity index (χ4v) is 4.69. The van der Waals surface area contributed by atoms with Crippen molar-refractivity contribution in [1.29, 1.82) is 0 Å². The van der Waals surface area contributed by atoms with Crippen LogP contribution in [0.3, 0.4) is 0 Å². The number of hydrogen-bond donors (Lipinski definition) is 1. The summed E-state index contributed by atoms with van der Waals surface area (Å²) >= 11 is 6.25. The Morgan fingerprint density at radius 3 is 2.58 bits per heavy atom. The van der Waals surface area contributed by atoms with Gasteiger partial charge in [0.05, 0.1) is 16.6 Å². The van der Waals surface area contributed by atoms with Crippen LogP contribution in [0.1, 0.15) is 51.4 Å². The minimum atomic E-state index is -4.46. The van der Waals surface area contributed by atoms with Crippen LogP contribution in [-0.4, -0.2) is 22.3 Å². The standard InChI is InChI=1S/C28H23ClF4N2O/c29-23-13-20-8-10-34-26(20)24(15-23)27(36)35(11-9-17-2-1-3-22(12-17)28(31,32)33)16-21-7-6-19(14-25(21)30)18-4-5-18/h1-3,6-8,10,12-15,18,34H,4-5,9,11,16H2. The molecule has 1 heterocycles. The third-order valence-electron chi connectivity index (χ3n) is 6.55. The van der Waals surface area contributed by atoms with E-state index in [-0.39, 0.29) is 25.4 Å². The highest BCUT2D eigenvalue weighted by Crippen LogP contribution is 2.40. The molecular formula is C28H23ClF4N2O. The second kappa shape index (κ2) is 9.62. The van der Waals surface area contributed by atoms with Crippen LogP contribution in [0.2, 0.25) is 5.02 Å². The molecule has 1 aliphatic rings.